The summed E-state index contributed by atoms with van der Waals surface area (Å²) in [5, 5.41) is 0.593. The van der Waals surface area contributed by atoms with Gasteiger partial charge in [0.05, 0.1) is 15.4 Å². The maximum absolute atomic E-state index is 11.5. The third-order valence-electron chi connectivity index (χ3n) is 2.15. The van der Waals surface area contributed by atoms with E-state index in [0.717, 1.165) is 0 Å². The van der Waals surface area contributed by atoms with Crippen molar-refractivity contribution in [3.63, 3.8) is 0 Å². The molecule has 0 saturated carbocycles. The lowest BCUT2D eigenvalue weighted by Gasteiger charge is -2.14. The van der Waals surface area contributed by atoms with E-state index >= 15 is 0 Å². The number of hydrogen-bond donors (Lipinski definition) is 0. The Labute approximate surface area is 102 Å². The minimum Gasteiger partial charge on any atom is -0.295 e. The summed E-state index contributed by atoms with van der Waals surface area (Å²) in [6.45, 7) is 0.464. The molecule has 0 spiro atoms. The molecule has 1 aliphatic rings. The van der Waals surface area contributed by atoms with Crippen LogP contribution in [0.15, 0.2) is 12.3 Å². The van der Waals surface area contributed by atoms with E-state index in [1.807, 2.05) is 0 Å². The lowest BCUT2D eigenvalue weighted by Crippen LogP contribution is -2.25. The van der Waals surface area contributed by atoms with Crippen molar-refractivity contribution in [3.8, 4) is 0 Å². The van der Waals surface area contributed by atoms with E-state index in [-0.39, 0.29) is 11.3 Å². The quantitative estimate of drug-likeness (QED) is 0.732. The second-order valence-corrected chi connectivity index (χ2v) is 4.69. The van der Waals surface area contributed by atoms with Crippen LogP contribution in [0, 0.1) is 0 Å². The van der Waals surface area contributed by atoms with E-state index in [2.05, 4.69) is 4.98 Å². The van der Waals surface area contributed by atoms with Crippen molar-refractivity contribution in [2.75, 3.05) is 11.4 Å². The Bertz CT molecular complexity index is 410. The van der Waals surface area contributed by atoms with Crippen LogP contribution in [0.5, 0.6) is 0 Å². The molecule has 0 bridgehead atoms. The molecule has 1 unspecified atom stereocenters. The number of aromatic nitrogens is 1. The summed E-state index contributed by atoms with van der Waals surface area (Å²) >= 11 is 17.4. The predicted octanol–water partition coefficient (Wildman–Crippen LogP) is 2.73. The molecule has 0 aliphatic carbocycles. The highest BCUT2D eigenvalue weighted by molar-refractivity contribution is 6.42. The largest absolute Gasteiger partial charge is 0.295 e. The number of carbonyl (C=O) groups is 1. The van der Waals surface area contributed by atoms with Crippen LogP contribution in [0.1, 0.15) is 6.42 Å². The van der Waals surface area contributed by atoms with Crippen LogP contribution in [0.2, 0.25) is 10.0 Å². The average molecular weight is 266 g/mol. The molecule has 1 aromatic heterocycles. The minimum atomic E-state index is -0.159. The Hall–Kier alpha value is -0.510. The van der Waals surface area contributed by atoms with E-state index in [4.69, 9.17) is 34.8 Å². The maximum atomic E-state index is 11.5. The number of carbonyl (C=O) groups excluding carboxylic acids is 1. The Morgan fingerprint density at radius 1 is 1.40 bits per heavy atom. The van der Waals surface area contributed by atoms with E-state index in [1.165, 1.54) is 11.1 Å². The van der Waals surface area contributed by atoms with Crippen LogP contribution in [-0.2, 0) is 4.79 Å². The summed E-state index contributed by atoms with van der Waals surface area (Å²) in [6, 6.07) is 1.57. The van der Waals surface area contributed by atoms with Gasteiger partial charge >= 0.3 is 0 Å². The lowest BCUT2D eigenvalue weighted by molar-refractivity contribution is -0.117. The lowest BCUT2D eigenvalue weighted by atomic mass is 10.4. The number of rotatable bonds is 1. The smallest absolute Gasteiger partial charge is 0.229 e. The van der Waals surface area contributed by atoms with Crippen molar-refractivity contribution >= 4 is 46.5 Å². The number of pyridine rings is 1. The second kappa shape index (κ2) is 4.16. The first-order chi connectivity index (χ1) is 7.08. The summed E-state index contributed by atoms with van der Waals surface area (Å²) in [6.07, 6.45) is 1.76. The number of nitrogens with zero attached hydrogens (tertiary/aromatic N) is 2. The van der Waals surface area contributed by atoms with Crippen LogP contribution in [0.4, 0.5) is 5.82 Å². The van der Waals surface area contributed by atoms with Gasteiger partial charge in [0.25, 0.3) is 0 Å². The second-order valence-electron chi connectivity index (χ2n) is 3.26. The first kappa shape index (κ1) is 11.0. The Morgan fingerprint density at radius 3 is 2.67 bits per heavy atom. The number of anilines is 1. The number of alkyl halides is 1. The molecule has 6 heteroatoms. The van der Waals surface area contributed by atoms with Crippen molar-refractivity contribution in [2.24, 2.45) is 0 Å². The summed E-state index contributed by atoms with van der Waals surface area (Å²) in [4.78, 5) is 17.1. The fourth-order valence-electron chi connectivity index (χ4n) is 1.44. The monoisotopic (exact) mass is 264 g/mol. The van der Waals surface area contributed by atoms with Crippen LogP contribution in [-0.4, -0.2) is 22.8 Å². The fourth-order valence-corrected chi connectivity index (χ4v) is 1.96. The van der Waals surface area contributed by atoms with Gasteiger partial charge in [-0.1, -0.05) is 23.2 Å². The first-order valence-electron chi connectivity index (χ1n) is 4.33. The molecule has 1 amide bonds. The number of halogens is 3. The van der Waals surface area contributed by atoms with Gasteiger partial charge in [-0.25, -0.2) is 4.98 Å². The molecule has 1 aliphatic heterocycles. The van der Waals surface area contributed by atoms with Gasteiger partial charge in [0, 0.05) is 25.2 Å². The molecule has 1 aromatic rings. The van der Waals surface area contributed by atoms with Gasteiger partial charge < -0.3 is 0 Å². The van der Waals surface area contributed by atoms with Crippen molar-refractivity contribution in [1.29, 1.82) is 0 Å². The van der Waals surface area contributed by atoms with Gasteiger partial charge in [0.15, 0.2) is 0 Å². The van der Waals surface area contributed by atoms with E-state index in [0.29, 0.717) is 28.8 Å². The van der Waals surface area contributed by atoms with Gasteiger partial charge in [-0.05, 0) is 0 Å². The standard InChI is InChI=1S/C9H7Cl3N2O/c10-5-1-9(15)14(4-5)8-2-6(11)7(12)3-13-8/h2-3,5H,1,4H2. The first-order valence-corrected chi connectivity index (χ1v) is 5.52. The van der Waals surface area contributed by atoms with Crippen molar-refractivity contribution in [1.82, 2.24) is 4.98 Å². The molecule has 2 heterocycles. The molecule has 15 heavy (non-hydrogen) atoms. The molecule has 1 fully saturated rings. The number of amides is 1. The molecule has 2 rings (SSSR count). The fraction of sp³-hybridized carbons (Fsp3) is 0.333. The Kier molecular flexibility index (Phi) is 3.05. The summed E-state index contributed by atoms with van der Waals surface area (Å²) < 4.78 is 0. The molecule has 80 valence electrons. The Balaban J connectivity index is 2.30. The highest BCUT2D eigenvalue weighted by atomic mass is 35.5. The molecule has 1 saturated heterocycles. The molecule has 0 aromatic carbocycles. The zero-order valence-electron chi connectivity index (χ0n) is 7.58. The van der Waals surface area contributed by atoms with Gasteiger partial charge in [-0.15, -0.1) is 11.6 Å². The predicted molar refractivity (Wildman–Crippen MR) is 60.9 cm³/mol. The highest BCUT2D eigenvalue weighted by Crippen LogP contribution is 2.28. The SMILES string of the molecule is O=C1CC(Cl)CN1c1cc(Cl)c(Cl)cn1. The van der Waals surface area contributed by atoms with Crippen molar-refractivity contribution in [2.45, 2.75) is 11.8 Å². The molecule has 0 N–H and O–H groups in total. The van der Waals surface area contributed by atoms with E-state index in [9.17, 15) is 4.79 Å². The third-order valence-corrected chi connectivity index (χ3v) is 3.15. The van der Waals surface area contributed by atoms with Gasteiger partial charge in [-0.3, -0.25) is 9.69 Å². The number of hydrogen-bond acceptors (Lipinski definition) is 2. The third kappa shape index (κ3) is 2.19. The highest BCUT2D eigenvalue weighted by Gasteiger charge is 2.30. The van der Waals surface area contributed by atoms with Crippen molar-refractivity contribution < 1.29 is 4.79 Å². The summed E-state index contributed by atoms with van der Waals surface area (Å²) in [5.41, 5.74) is 0. The van der Waals surface area contributed by atoms with Crippen molar-refractivity contribution in [3.05, 3.63) is 22.3 Å². The van der Waals surface area contributed by atoms with Crippen LogP contribution in [0.25, 0.3) is 0 Å². The van der Waals surface area contributed by atoms with E-state index < -0.39 is 0 Å². The van der Waals surface area contributed by atoms with E-state index in [1.54, 1.807) is 6.07 Å². The van der Waals surface area contributed by atoms with Crippen LogP contribution < -0.4 is 4.90 Å². The topological polar surface area (TPSA) is 33.2 Å². The molecule has 3 nitrogen and oxygen atoms in total. The zero-order valence-corrected chi connectivity index (χ0v) is 9.85. The molecule has 0 radical (unpaired) electrons. The van der Waals surface area contributed by atoms with Crippen LogP contribution in [0.3, 0.4) is 0 Å². The van der Waals surface area contributed by atoms with Gasteiger partial charge in [0.2, 0.25) is 5.91 Å². The molecular weight excluding hydrogens is 258 g/mol. The van der Waals surface area contributed by atoms with Gasteiger partial charge in [-0.2, -0.15) is 0 Å². The zero-order chi connectivity index (χ0) is 11.0. The maximum Gasteiger partial charge on any atom is 0.229 e. The average Bonchev–Trinajstić information content (AvgIpc) is 2.50. The normalized spacial score (nSPS) is 21.1. The van der Waals surface area contributed by atoms with Gasteiger partial charge in [0.1, 0.15) is 5.82 Å². The Morgan fingerprint density at radius 2 is 2.13 bits per heavy atom. The molecular formula is C9H7Cl3N2O. The van der Waals surface area contributed by atoms with Crippen LogP contribution >= 0.6 is 34.8 Å². The minimum absolute atomic E-state index is 0.0408. The summed E-state index contributed by atoms with van der Waals surface area (Å²) in [5.74, 6) is 0.457. The molecule has 1 atom stereocenters. The summed E-state index contributed by atoms with van der Waals surface area (Å²) in [7, 11) is 0.